The molecule has 0 spiro atoms. The molecule has 13 unspecified atom stereocenters. The molecule has 0 aromatic carbocycles. The summed E-state index contributed by atoms with van der Waals surface area (Å²) in [6.45, 7) is 4.01. The van der Waals surface area contributed by atoms with Crippen molar-refractivity contribution >= 4 is 11.9 Å². The van der Waals surface area contributed by atoms with Gasteiger partial charge in [0.05, 0.1) is 23.2 Å². The molecule has 39 heavy (non-hydrogen) atoms. The van der Waals surface area contributed by atoms with E-state index < -0.39 is 53.1 Å². The van der Waals surface area contributed by atoms with Gasteiger partial charge in [0.1, 0.15) is 24.9 Å². The van der Waals surface area contributed by atoms with Crippen LogP contribution in [0, 0.1) is 34.5 Å². The van der Waals surface area contributed by atoms with E-state index in [1.807, 2.05) is 0 Å². The third-order valence-corrected chi connectivity index (χ3v) is 12.0. The number of aliphatic hydroxyl groups excluding tert-OH is 3. The molecule has 6 rings (SSSR count). The van der Waals surface area contributed by atoms with E-state index in [9.17, 15) is 35.1 Å². The molecule has 4 aliphatic carbocycles. The van der Waals surface area contributed by atoms with Crippen LogP contribution in [0.5, 0.6) is 0 Å². The first kappa shape index (κ1) is 27.6. The number of hydrogen-bond acceptors (Lipinski definition) is 9. The summed E-state index contributed by atoms with van der Waals surface area (Å²) in [6, 6.07) is 0. The molecule has 13 atom stereocenters. The van der Waals surface area contributed by atoms with E-state index in [1.54, 1.807) is 13.0 Å². The Morgan fingerprint density at radius 1 is 1.00 bits per heavy atom. The van der Waals surface area contributed by atoms with Crippen molar-refractivity contribution in [3.63, 3.8) is 0 Å². The highest BCUT2D eigenvalue weighted by molar-refractivity contribution is 5.85. The Balaban J connectivity index is 1.22. The number of carbonyl (C=O) groups is 2. The maximum absolute atomic E-state index is 13.1. The van der Waals surface area contributed by atoms with Gasteiger partial charge >= 0.3 is 11.9 Å². The fourth-order valence-electron chi connectivity index (χ4n) is 9.87. The zero-order chi connectivity index (χ0) is 27.9. The van der Waals surface area contributed by atoms with Crippen LogP contribution in [0.25, 0.3) is 0 Å². The number of aliphatic hydroxyl groups is 4. The second-order valence-corrected chi connectivity index (χ2v) is 13.3. The van der Waals surface area contributed by atoms with Crippen molar-refractivity contribution in [2.24, 2.45) is 34.5 Å². The maximum Gasteiger partial charge on any atom is 0.331 e. The van der Waals surface area contributed by atoms with Crippen LogP contribution in [0.2, 0.25) is 0 Å². The molecular weight excluding hydrogens is 508 g/mol. The summed E-state index contributed by atoms with van der Waals surface area (Å²) >= 11 is 0. The SMILES string of the molecule is CC1OC(OC2CCC3(C(=O)O)C(CCC4C3CCC3(C)C(C5=CC(=O)OC5)CCC43O)C2)C(O)C(O)C1O. The summed E-state index contributed by atoms with van der Waals surface area (Å²) in [5.41, 5.74) is -1.44. The van der Waals surface area contributed by atoms with Gasteiger partial charge in [-0.15, -0.1) is 0 Å². The standard InChI is InChI=1S/C29H42O10/c1-14-22(31)23(32)24(33)25(38-14)39-17-5-9-28(26(34)35)16(12-17)3-4-20-19(28)6-8-27(2)18(7-10-29(20,27)36)15-11-21(30)37-13-15/h11,14,16-20,22-25,31-33,36H,3-10,12-13H2,1-2H3,(H,34,35). The number of carbonyl (C=O) groups excluding carboxylic acids is 1. The minimum absolute atomic E-state index is 0.0516. The Bertz CT molecular complexity index is 1050. The fourth-order valence-corrected chi connectivity index (χ4v) is 9.87. The zero-order valence-corrected chi connectivity index (χ0v) is 22.7. The largest absolute Gasteiger partial charge is 0.481 e. The molecule has 5 N–H and O–H groups in total. The lowest BCUT2D eigenvalue weighted by atomic mass is 9.42. The molecular formula is C29H42O10. The summed E-state index contributed by atoms with van der Waals surface area (Å²) in [6.07, 6.45) is 0.990. The van der Waals surface area contributed by atoms with Gasteiger partial charge in [0.15, 0.2) is 6.29 Å². The van der Waals surface area contributed by atoms with Crippen LogP contribution in [-0.2, 0) is 23.8 Å². The molecule has 0 aromatic heterocycles. The minimum Gasteiger partial charge on any atom is -0.481 e. The molecule has 0 bridgehead atoms. The van der Waals surface area contributed by atoms with Crippen LogP contribution in [-0.4, -0.2) is 86.5 Å². The molecule has 10 nitrogen and oxygen atoms in total. The van der Waals surface area contributed by atoms with E-state index in [-0.39, 0.29) is 42.4 Å². The smallest absolute Gasteiger partial charge is 0.331 e. The second kappa shape index (κ2) is 9.49. The van der Waals surface area contributed by atoms with E-state index in [2.05, 4.69) is 6.92 Å². The average Bonchev–Trinajstić information content (AvgIpc) is 3.45. The molecule has 5 fully saturated rings. The Morgan fingerprint density at radius 2 is 1.77 bits per heavy atom. The molecule has 0 radical (unpaired) electrons. The van der Waals surface area contributed by atoms with Gasteiger partial charge in [-0.2, -0.15) is 0 Å². The number of rotatable bonds is 4. The maximum atomic E-state index is 13.1. The number of hydrogen-bond donors (Lipinski definition) is 5. The number of carboxylic acids is 1. The molecule has 10 heteroatoms. The molecule has 4 saturated carbocycles. The van der Waals surface area contributed by atoms with Crippen molar-refractivity contribution in [3.8, 4) is 0 Å². The Hall–Kier alpha value is -1.56. The molecule has 0 amide bonds. The second-order valence-electron chi connectivity index (χ2n) is 13.3. The van der Waals surface area contributed by atoms with E-state index in [0.717, 1.165) is 18.4 Å². The van der Waals surface area contributed by atoms with Gasteiger partial charge in [-0.1, -0.05) is 6.92 Å². The van der Waals surface area contributed by atoms with Gasteiger partial charge in [-0.3, -0.25) is 4.79 Å². The van der Waals surface area contributed by atoms with E-state index in [1.165, 1.54) is 0 Å². The molecule has 2 heterocycles. The summed E-state index contributed by atoms with van der Waals surface area (Å²) in [4.78, 5) is 24.9. The molecule has 0 aromatic rings. The zero-order valence-electron chi connectivity index (χ0n) is 22.7. The minimum atomic E-state index is -1.39. The highest BCUT2D eigenvalue weighted by Crippen LogP contribution is 2.70. The Kier molecular flexibility index (Phi) is 6.72. The number of cyclic esters (lactones) is 1. The Morgan fingerprint density at radius 3 is 2.46 bits per heavy atom. The highest BCUT2D eigenvalue weighted by atomic mass is 16.7. The number of esters is 1. The molecule has 1 saturated heterocycles. The summed E-state index contributed by atoms with van der Waals surface area (Å²) in [5.74, 6) is -1.51. The summed E-state index contributed by atoms with van der Waals surface area (Å²) in [7, 11) is 0. The van der Waals surface area contributed by atoms with E-state index in [0.29, 0.717) is 44.9 Å². The summed E-state index contributed by atoms with van der Waals surface area (Å²) in [5, 5.41) is 53.7. The van der Waals surface area contributed by atoms with Crippen molar-refractivity contribution in [2.75, 3.05) is 6.61 Å². The lowest BCUT2D eigenvalue weighted by Crippen LogP contribution is -2.65. The van der Waals surface area contributed by atoms with Crippen LogP contribution >= 0.6 is 0 Å². The molecule has 2 aliphatic heterocycles. The number of carboxylic acid groups (broad SMARTS) is 1. The number of ether oxygens (including phenoxy) is 3. The molecule has 6 aliphatic rings. The predicted molar refractivity (Wildman–Crippen MR) is 135 cm³/mol. The van der Waals surface area contributed by atoms with Gasteiger partial charge in [0.25, 0.3) is 0 Å². The first-order chi connectivity index (χ1) is 18.4. The lowest BCUT2D eigenvalue weighted by Gasteiger charge is -2.63. The van der Waals surface area contributed by atoms with E-state index >= 15 is 0 Å². The van der Waals surface area contributed by atoms with Gasteiger partial charge in [0, 0.05) is 11.5 Å². The fraction of sp³-hybridized carbons (Fsp3) is 0.862. The predicted octanol–water partition coefficient (Wildman–Crippen LogP) is 1.52. The van der Waals surface area contributed by atoms with Crippen LogP contribution in [0.4, 0.5) is 0 Å². The van der Waals surface area contributed by atoms with E-state index in [4.69, 9.17) is 14.2 Å². The average molecular weight is 551 g/mol. The van der Waals surface area contributed by atoms with Crippen molar-refractivity contribution in [3.05, 3.63) is 11.6 Å². The van der Waals surface area contributed by atoms with Crippen LogP contribution < -0.4 is 0 Å². The first-order valence-electron chi connectivity index (χ1n) is 14.6. The van der Waals surface area contributed by atoms with Gasteiger partial charge in [0.2, 0.25) is 0 Å². The lowest BCUT2D eigenvalue weighted by molar-refractivity contribution is -0.310. The highest BCUT2D eigenvalue weighted by Gasteiger charge is 2.70. The quantitative estimate of drug-likeness (QED) is 0.256. The van der Waals surface area contributed by atoms with Gasteiger partial charge < -0.3 is 39.7 Å². The third-order valence-electron chi connectivity index (χ3n) is 12.0. The number of aliphatic carboxylic acids is 1. The molecule has 218 valence electrons. The normalized spacial score (nSPS) is 53.3. The van der Waals surface area contributed by atoms with Crippen molar-refractivity contribution in [1.82, 2.24) is 0 Å². The number of fused-ring (bicyclic) bond motifs is 5. The monoisotopic (exact) mass is 550 g/mol. The summed E-state index contributed by atoms with van der Waals surface area (Å²) < 4.78 is 16.9. The third kappa shape index (κ3) is 3.89. The first-order valence-corrected chi connectivity index (χ1v) is 14.6. The van der Waals surface area contributed by atoms with Crippen molar-refractivity contribution < 1.29 is 49.3 Å². The topological polar surface area (TPSA) is 163 Å². The van der Waals surface area contributed by atoms with Crippen molar-refractivity contribution in [1.29, 1.82) is 0 Å². The van der Waals surface area contributed by atoms with Crippen LogP contribution in [0.1, 0.15) is 71.6 Å². The van der Waals surface area contributed by atoms with Gasteiger partial charge in [-0.05, 0) is 94.0 Å². The Labute approximate surface area is 228 Å². The van der Waals surface area contributed by atoms with Crippen LogP contribution in [0.15, 0.2) is 11.6 Å². The van der Waals surface area contributed by atoms with Gasteiger partial charge in [-0.25, -0.2) is 4.79 Å². The van der Waals surface area contributed by atoms with Crippen LogP contribution in [0.3, 0.4) is 0 Å². The van der Waals surface area contributed by atoms with Crippen molar-refractivity contribution in [2.45, 2.75) is 114 Å².